The number of rotatable bonds is 5. The third-order valence-corrected chi connectivity index (χ3v) is 5.02. The van der Waals surface area contributed by atoms with Crippen LogP contribution in [0.25, 0.3) is 0 Å². The number of sulfonamides is 1. The van der Waals surface area contributed by atoms with E-state index in [1.165, 1.54) is 23.2 Å². The summed E-state index contributed by atoms with van der Waals surface area (Å²) in [6, 6.07) is 3.02. The Bertz CT molecular complexity index is 850. The van der Waals surface area contributed by atoms with Gasteiger partial charge in [-0.05, 0) is 25.5 Å². The van der Waals surface area contributed by atoms with E-state index in [1.54, 1.807) is 16.8 Å². The van der Waals surface area contributed by atoms with Crippen LogP contribution in [-0.2, 0) is 21.3 Å². The van der Waals surface area contributed by atoms with Crippen molar-refractivity contribution in [2.75, 3.05) is 17.9 Å². The van der Waals surface area contributed by atoms with Gasteiger partial charge in [0.1, 0.15) is 5.69 Å². The number of pyridine rings is 1. The Kier molecular flexibility index (Phi) is 4.22. The number of aromatic nitrogens is 3. The lowest BCUT2D eigenvalue weighted by atomic mass is 10.2. The number of ether oxygens (including phenoxy) is 1. The molecular formula is C14H18N4O4S. The number of nitrogens with zero attached hydrogens (tertiary/aromatic N) is 3. The van der Waals surface area contributed by atoms with Gasteiger partial charge in [-0.1, -0.05) is 0 Å². The highest BCUT2D eigenvalue weighted by atomic mass is 32.2. The molecule has 0 spiro atoms. The number of hydrogen-bond donors (Lipinski definition) is 1. The highest BCUT2D eigenvalue weighted by Gasteiger charge is 2.22. The highest BCUT2D eigenvalue weighted by Crippen LogP contribution is 2.18. The van der Waals surface area contributed by atoms with Gasteiger partial charge in [0.2, 0.25) is 0 Å². The number of nitrogens with one attached hydrogen (secondary N) is 1. The largest absolute Gasteiger partial charge is 0.379 e. The summed E-state index contributed by atoms with van der Waals surface area (Å²) in [6.45, 7) is 3.55. The lowest BCUT2D eigenvalue weighted by molar-refractivity contribution is 0.186. The lowest BCUT2D eigenvalue weighted by Gasteiger charge is -2.13. The summed E-state index contributed by atoms with van der Waals surface area (Å²) < 4.78 is 35.5. The van der Waals surface area contributed by atoms with Gasteiger partial charge in [-0.2, -0.15) is 8.42 Å². The molecule has 9 heteroatoms. The zero-order valence-corrected chi connectivity index (χ0v) is 13.5. The van der Waals surface area contributed by atoms with E-state index in [-0.39, 0.29) is 22.3 Å². The monoisotopic (exact) mass is 338 g/mol. The molecule has 0 bridgehead atoms. The topological polar surface area (TPSA) is 95.2 Å². The van der Waals surface area contributed by atoms with Crippen molar-refractivity contribution in [3.8, 4) is 0 Å². The van der Waals surface area contributed by atoms with Gasteiger partial charge in [0.25, 0.3) is 15.6 Å². The van der Waals surface area contributed by atoms with E-state index in [9.17, 15) is 13.2 Å². The van der Waals surface area contributed by atoms with Gasteiger partial charge >= 0.3 is 0 Å². The van der Waals surface area contributed by atoms with Crippen LogP contribution >= 0.6 is 0 Å². The van der Waals surface area contributed by atoms with E-state index in [4.69, 9.17) is 4.74 Å². The predicted molar refractivity (Wildman–Crippen MR) is 83.9 cm³/mol. The molecule has 1 N–H and O–H groups in total. The normalized spacial score (nSPS) is 18.2. The van der Waals surface area contributed by atoms with Crippen molar-refractivity contribution in [2.45, 2.75) is 31.0 Å². The summed E-state index contributed by atoms with van der Waals surface area (Å²) in [5.74, 6) is 0. The Morgan fingerprint density at radius 3 is 2.96 bits per heavy atom. The van der Waals surface area contributed by atoms with Crippen molar-refractivity contribution in [2.24, 2.45) is 0 Å². The summed E-state index contributed by atoms with van der Waals surface area (Å²) in [5, 5.41) is -0.113. The first kappa shape index (κ1) is 15.8. The highest BCUT2D eigenvalue weighted by molar-refractivity contribution is 7.92. The first-order chi connectivity index (χ1) is 11.0. The summed E-state index contributed by atoms with van der Waals surface area (Å²) in [4.78, 5) is 16.3. The molecule has 3 rings (SSSR count). The maximum absolute atomic E-state index is 12.5. The zero-order chi connectivity index (χ0) is 16.4. The zero-order valence-electron chi connectivity index (χ0n) is 12.7. The van der Waals surface area contributed by atoms with E-state index < -0.39 is 10.0 Å². The van der Waals surface area contributed by atoms with Crippen molar-refractivity contribution in [1.82, 2.24) is 14.1 Å². The molecule has 1 aliphatic rings. The number of imidazole rings is 1. The summed E-state index contributed by atoms with van der Waals surface area (Å²) in [6.07, 6.45) is 5.24. The standard InChI is InChI=1S/C14H18N4O4S/c1-2-17-8-13(15-10-17)23(20,21)16-12-4-3-6-18(14(12)19)11-5-7-22-9-11/h3-4,6,8,10-11,16H,2,5,7,9H2,1H3. The van der Waals surface area contributed by atoms with Gasteiger partial charge in [-0.15, -0.1) is 0 Å². The van der Waals surface area contributed by atoms with Crippen LogP contribution < -0.4 is 10.3 Å². The molecule has 2 aromatic heterocycles. The molecule has 1 atom stereocenters. The SMILES string of the molecule is CCn1cnc(S(=O)(=O)Nc2cccn(C3CCOC3)c2=O)c1. The van der Waals surface area contributed by atoms with E-state index in [0.717, 1.165) is 6.42 Å². The average molecular weight is 338 g/mol. The Balaban J connectivity index is 1.90. The van der Waals surface area contributed by atoms with Gasteiger partial charge in [-0.3, -0.25) is 9.52 Å². The fourth-order valence-corrected chi connectivity index (χ4v) is 3.47. The molecule has 1 unspecified atom stereocenters. The van der Waals surface area contributed by atoms with E-state index in [2.05, 4.69) is 9.71 Å². The van der Waals surface area contributed by atoms with Crippen LogP contribution in [0.3, 0.4) is 0 Å². The number of anilines is 1. The van der Waals surface area contributed by atoms with Gasteiger partial charge in [0, 0.05) is 25.5 Å². The minimum absolute atomic E-state index is 0.00504. The average Bonchev–Trinajstić information content (AvgIpc) is 3.20. The second kappa shape index (κ2) is 6.17. The van der Waals surface area contributed by atoms with Crippen molar-refractivity contribution < 1.29 is 13.2 Å². The fraction of sp³-hybridized carbons (Fsp3) is 0.429. The van der Waals surface area contributed by atoms with Crippen LogP contribution in [0.15, 0.2) is 40.7 Å². The van der Waals surface area contributed by atoms with Gasteiger partial charge < -0.3 is 13.9 Å². The molecule has 3 heterocycles. The first-order valence-corrected chi connectivity index (χ1v) is 8.83. The molecule has 124 valence electrons. The molecule has 0 amide bonds. The van der Waals surface area contributed by atoms with Crippen LogP contribution in [0.5, 0.6) is 0 Å². The van der Waals surface area contributed by atoms with Gasteiger partial charge in [-0.25, -0.2) is 4.98 Å². The van der Waals surface area contributed by atoms with Crippen molar-refractivity contribution in [1.29, 1.82) is 0 Å². The molecule has 1 saturated heterocycles. The lowest BCUT2D eigenvalue weighted by Crippen LogP contribution is -2.28. The van der Waals surface area contributed by atoms with Gasteiger partial charge in [0.05, 0.1) is 19.0 Å². The molecule has 0 aromatic carbocycles. The minimum atomic E-state index is -3.89. The molecule has 1 fully saturated rings. The van der Waals surface area contributed by atoms with Crippen LogP contribution in [0.1, 0.15) is 19.4 Å². The summed E-state index contributed by atoms with van der Waals surface area (Å²) >= 11 is 0. The molecule has 0 aliphatic carbocycles. The van der Waals surface area contributed by atoms with Crippen molar-refractivity contribution in [3.05, 3.63) is 41.2 Å². The van der Waals surface area contributed by atoms with Gasteiger partial charge in [0.15, 0.2) is 5.03 Å². The molecule has 8 nitrogen and oxygen atoms in total. The fourth-order valence-electron chi connectivity index (χ4n) is 2.47. The Morgan fingerprint density at radius 1 is 1.48 bits per heavy atom. The van der Waals surface area contributed by atoms with Crippen LogP contribution in [0.2, 0.25) is 0 Å². The summed E-state index contributed by atoms with van der Waals surface area (Å²) in [5.41, 5.74) is -0.382. The second-order valence-corrected chi connectivity index (χ2v) is 6.93. The molecule has 0 radical (unpaired) electrons. The smallest absolute Gasteiger partial charge is 0.281 e. The first-order valence-electron chi connectivity index (χ1n) is 7.35. The molecule has 2 aromatic rings. The van der Waals surface area contributed by atoms with E-state index in [1.807, 2.05) is 6.92 Å². The van der Waals surface area contributed by atoms with Crippen LogP contribution in [0, 0.1) is 0 Å². The molecule has 0 saturated carbocycles. The van der Waals surface area contributed by atoms with Crippen LogP contribution in [-0.4, -0.2) is 35.7 Å². The second-order valence-electron chi connectivity index (χ2n) is 5.30. The maximum Gasteiger partial charge on any atom is 0.281 e. The Labute approximate surface area is 133 Å². The van der Waals surface area contributed by atoms with E-state index >= 15 is 0 Å². The molecule has 1 aliphatic heterocycles. The number of aryl methyl sites for hydroxylation is 1. The minimum Gasteiger partial charge on any atom is -0.379 e. The molecular weight excluding hydrogens is 320 g/mol. The van der Waals surface area contributed by atoms with Crippen molar-refractivity contribution >= 4 is 15.7 Å². The maximum atomic E-state index is 12.5. The third kappa shape index (κ3) is 3.15. The van der Waals surface area contributed by atoms with E-state index in [0.29, 0.717) is 19.8 Å². The quantitative estimate of drug-likeness (QED) is 0.871. The summed E-state index contributed by atoms with van der Waals surface area (Å²) in [7, 11) is -3.89. The van der Waals surface area contributed by atoms with Crippen LogP contribution in [0.4, 0.5) is 5.69 Å². The van der Waals surface area contributed by atoms with Crippen molar-refractivity contribution in [3.63, 3.8) is 0 Å². The molecule has 23 heavy (non-hydrogen) atoms. The Hall–Kier alpha value is -2.13. The Morgan fingerprint density at radius 2 is 2.30 bits per heavy atom. The third-order valence-electron chi connectivity index (χ3n) is 3.77. The number of hydrogen-bond acceptors (Lipinski definition) is 5. The predicted octanol–water partition coefficient (Wildman–Crippen LogP) is 0.827.